The average molecular weight is 351 g/mol. The quantitative estimate of drug-likeness (QED) is 0.564. The second kappa shape index (κ2) is 8.25. The minimum absolute atomic E-state index is 0.0744. The Morgan fingerprint density at radius 2 is 1.96 bits per heavy atom. The van der Waals surface area contributed by atoms with Crippen LogP contribution in [0.25, 0.3) is 6.08 Å². The second-order valence-electron chi connectivity index (χ2n) is 5.88. The van der Waals surface area contributed by atoms with Crippen LogP contribution in [-0.2, 0) is 11.3 Å². The van der Waals surface area contributed by atoms with Crippen molar-refractivity contribution < 1.29 is 19.0 Å². The SMILES string of the molecule is C=CCOc1ccc(CN(C)C(=O)/C=C/c2ccc3c(c2)OCO3)cc1. The Hall–Kier alpha value is -3.21. The highest BCUT2D eigenvalue weighted by molar-refractivity contribution is 5.91. The predicted molar refractivity (Wildman–Crippen MR) is 100 cm³/mol. The van der Waals surface area contributed by atoms with E-state index in [4.69, 9.17) is 14.2 Å². The first-order valence-corrected chi connectivity index (χ1v) is 8.31. The molecule has 2 aromatic carbocycles. The number of hydrogen-bond acceptors (Lipinski definition) is 4. The Bertz CT molecular complexity index is 811. The summed E-state index contributed by atoms with van der Waals surface area (Å²) < 4.78 is 16.1. The molecule has 0 bridgehead atoms. The van der Waals surface area contributed by atoms with Gasteiger partial charge in [0.1, 0.15) is 12.4 Å². The minimum Gasteiger partial charge on any atom is -0.490 e. The Kier molecular flexibility index (Phi) is 5.59. The highest BCUT2D eigenvalue weighted by Crippen LogP contribution is 2.32. The molecule has 0 fully saturated rings. The number of amides is 1. The molecule has 134 valence electrons. The van der Waals surface area contributed by atoms with E-state index in [0.29, 0.717) is 18.9 Å². The molecule has 0 saturated heterocycles. The first kappa shape index (κ1) is 17.6. The van der Waals surface area contributed by atoms with Crippen molar-refractivity contribution in [1.82, 2.24) is 4.90 Å². The van der Waals surface area contributed by atoms with Crippen LogP contribution in [-0.4, -0.2) is 31.3 Å². The molecular weight excluding hydrogens is 330 g/mol. The highest BCUT2D eigenvalue weighted by Gasteiger charge is 2.12. The van der Waals surface area contributed by atoms with E-state index >= 15 is 0 Å². The second-order valence-corrected chi connectivity index (χ2v) is 5.88. The van der Waals surface area contributed by atoms with Crippen LogP contribution in [0.4, 0.5) is 0 Å². The number of likely N-dealkylation sites (N-methyl/N-ethyl adjacent to an activating group) is 1. The van der Waals surface area contributed by atoms with Crippen molar-refractivity contribution in [2.75, 3.05) is 20.4 Å². The zero-order chi connectivity index (χ0) is 18.4. The minimum atomic E-state index is -0.0744. The highest BCUT2D eigenvalue weighted by atomic mass is 16.7. The lowest BCUT2D eigenvalue weighted by Crippen LogP contribution is -2.24. The molecule has 1 amide bonds. The Labute approximate surface area is 153 Å². The molecular formula is C21H21NO4. The molecule has 1 aliphatic heterocycles. The van der Waals surface area contributed by atoms with Gasteiger partial charge in [-0.1, -0.05) is 30.9 Å². The van der Waals surface area contributed by atoms with E-state index in [-0.39, 0.29) is 12.7 Å². The fourth-order valence-corrected chi connectivity index (χ4v) is 2.51. The van der Waals surface area contributed by atoms with Crippen molar-refractivity contribution in [3.8, 4) is 17.2 Å². The number of hydrogen-bond donors (Lipinski definition) is 0. The van der Waals surface area contributed by atoms with Crippen LogP contribution in [0, 0.1) is 0 Å². The van der Waals surface area contributed by atoms with Crippen molar-refractivity contribution >= 4 is 12.0 Å². The van der Waals surface area contributed by atoms with Crippen molar-refractivity contribution in [2.45, 2.75) is 6.54 Å². The summed E-state index contributed by atoms with van der Waals surface area (Å²) in [6.07, 6.45) is 5.03. The van der Waals surface area contributed by atoms with Crippen LogP contribution >= 0.6 is 0 Å². The maximum Gasteiger partial charge on any atom is 0.246 e. The van der Waals surface area contributed by atoms with Gasteiger partial charge in [0.05, 0.1) is 0 Å². The first-order valence-electron chi connectivity index (χ1n) is 8.31. The van der Waals surface area contributed by atoms with Crippen LogP contribution in [0.1, 0.15) is 11.1 Å². The molecule has 0 N–H and O–H groups in total. The van der Waals surface area contributed by atoms with E-state index in [1.807, 2.05) is 42.5 Å². The zero-order valence-electron chi connectivity index (χ0n) is 14.7. The third-order valence-electron chi connectivity index (χ3n) is 3.90. The number of carbonyl (C=O) groups is 1. The van der Waals surface area contributed by atoms with Gasteiger partial charge in [-0.25, -0.2) is 0 Å². The van der Waals surface area contributed by atoms with E-state index < -0.39 is 0 Å². The molecule has 5 nitrogen and oxygen atoms in total. The third-order valence-corrected chi connectivity index (χ3v) is 3.90. The summed E-state index contributed by atoms with van der Waals surface area (Å²) in [4.78, 5) is 14.0. The van der Waals surface area contributed by atoms with Gasteiger partial charge in [0.25, 0.3) is 0 Å². The van der Waals surface area contributed by atoms with Gasteiger partial charge in [0, 0.05) is 19.7 Å². The number of nitrogens with zero attached hydrogens (tertiary/aromatic N) is 1. The maximum absolute atomic E-state index is 12.3. The summed E-state index contributed by atoms with van der Waals surface area (Å²) in [5, 5.41) is 0. The van der Waals surface area contributed by atoms with Crippen molar-refractivity contribution in [2.24, 2.45) is 0 Å². The van der Waals surface area contributed by atoms with E-state index in [0.717, 1.165) is 22.6 Å². The van der Waals surface area contributed by atoms with Crippen LogP contribution in [0.5, 0.6) is 17.2 Å². The van der Waals surface area contributed by atoms with Crippen LogP contribution in [0.15, 0.2) is 61.2 Å². The first-order chi connectivity index (χ1) is 12.7. The van der Waals surface area contributed by atoms with E-state index in [9.17, 15) is 4.79 Å². The Morgan fingerprint density at radius 3 is 2.73 bits per heavy atom. The molecule has 26 heavy (non-hydrogen) atoms. The Balaban J connectivity index is 1.56. The van der Waals surface area contributed by atoms with Gasteiger partial charge in [0.2, 0.25) is 12.7 Å². The Morgan fingerprint density at radius 1 is 1.19 bits per heavy atom. The number of carbonyl (C=O) groups excluding carboxylic acids is 1. The normalized spacial score (nSPS) is 12.2. The van der Waals surface area contributed by atoms with Crippen molar-refractivity contribution in [1.29, 1.82) is 0 Å². The topological polar surface area (TPSA) is 48.0 Å². The smallest absolute Gasteiger partial charge is 0.246 e. The molecule has 0 unspecified atom stereocenters. The van der Waals surface area contributed by atoms with Gasteiger partial charge in [-0.2, -0.15) is 0 Å². The molecule has 1 heterocycles. The van der Waals surface area contributed by atoms with Gasteiger partial charge in [-0.05, 0) is 41.5 Å². The average Bonchev–Trinajstić information content (AvgIpc) is 3.13. The number of rotatable bonds is 7. The lowest BCUT2D eigenvalue weighted by Gasteiger charge is -2.15. The van der Waals surface area contributed by atoms with Crippen LogP contribution < -0.4 is 14.2 Å². The van der Waals surface area contributed by atoms with E-state index in [2.05, 4.69) is 6.58 Å². The fraction of sp³-hybridized carbons (Fsp3) is 0.190. The predicted octanol–water partition coefficient (Wildman–Crippen LogP) is 3.65. The lowest BCUT2D eigenvalue weighted by molar-refractivity contribution is -0.125. The number of benzene rings is 2. The van der Waals surface area contributed by atoms with Crippen molar-refractivity contribution in [3.63, 3.8) is 0 Å². The third kappa shape index (κ3) is 4.45. The standard InChI is InChI=1S/C21H21NO4/c1-3-12-24-18-8-4-17(5-9-18)14-22(2)21(23)11-7-16-6-10-19-20(13-16)26-15-25-19/h3-11,13H,1,12,14-15H2,2H3/b11-7+. The number of fused-ring (bicyclic) bond motifs is 1. The molecule has 2 aromatic rings. The van der Waals surface area contributed by atoms with Crippen LogP contribution in [0.2, 0.25) is 0 Å². The summed E-state index contributed by atoms with van der Waals surface area (Å²) in [7, 11) is 1.77. The molecule has 1 aliphatic rings. The largest absolute Gasteiger partial charge is 0.490 e. The number of ether oxygens (including phenoxy) is 3. The summed E-state index contributed by atoms with van der Waals surface area (Å²) in [6, 6.07) is 13.3. The summed E-state index contributed by atoms with van der Waals surface area (Å²) in [6.45, 7) is 4.85. The zero-order valence-corrected chi connectivity index (χ0v) is 14.7. The van der Waals surface area contributed by atoms with E-state index in [1.165, 1.54) is 0 Å². The monoisotopic (exact) mass is 351 g/mol. The van der Waals surface area contributed by atoms with Gasteiger partial charge < -0.3 is 19.1 Å². The fourth-order valence-electron chi connectivity index (χ4n) is 2.51. The van der Waals surface area contributed by atoms with E-state index in [1.54, 1.807) is 30.2 Å². The van der Waals surface area contributed by atoms with Gasteiger partial charge in [-0.15, -0.1) is 0 Å². The molecule has 0 aromatic heterocycles. The molecule has 0 atom stereocenters. The van der Waals surface area contributed by atoms with Gasteiger partial charge in [-0.3, -0.25) is 4.79 Å². The molecule has 0 spiro atoms. The summed E-state index contributed by atoms with van der Waals surface area (Å²) in [5.41, 5.74) is 1.92. The molecule has 0 radical (unpaired) electrons. The van der Waals surface area contributed by atoms with Crippen LogP contribution in [0.3, 0.4) is 0 Å². The molecule has 0 saturated carbocycles. The van der Waals surface area contributed by atoms with Crippen molar-refractivity contribution in [3.05, 3.63) is 72.3 Å². The van der Waals surface area contributed by atoms with Gasteiger partial charge in [0.15, 0.2) is 11.5 Å². The molecule has 5 heteroatoms. The molecule has 3 rings (SSSR count). The molecule has 0 aliphatic carbocycles. The summed E-state index contributed by atoms with van der Waals surface area (Å²) in [5.74, 6) is 2.14. The lowest BCUT2D eigenvalue weighted by atomic mass is 10.2. The van der Waals surface area contributed by atoms with Gasteiger partial charge >= 0.3 is 0 Å². The summed E-state index contributed by atoms with van der Waals surface area (Å²) >= 11 is 0. The maximum atomic E-state index is 12.3.